The standard InChI is InChI=1S/C24H30N4O3/c1-16-7-8-17(2)21(14-16)31-18(3)23(29)27-12-9-19(10-13-27)15-28-22-20(6-5-11-25-22)26(4)24(28)30/h5-8,11,14,18-19H,9-10,12-13,15H2,1-4H3. The number of fused-ring (bicyclic) bond motifs is 1. The van der Waals surface area contributed by atoms with Gasteiger partial charge >= 0.3 is 5.69 Å². The van der Waals surface area contributed by atoms with E-state index < -0.39 is 6.10 Å². The molecule has 1 saturated heterocycles. The molecule has 1 aromatic carbocycles. The Morgan fingerprint density at radius 3 is 2.71 bits per heavy atom. The van der Waals surface area contributed by atoms with Gasteiger partial charge in [-0.2, -0.15) is 0 Å². The van der Waals surface area contributed by atoms with Gasteiger partial charge in [-0.3, -0.25) is 13.9 Å². The van der Waals surface area contributed by atoms with Crippen molar-refractivity contribution in [2.75, 3.05) is 13.1 Å². The van der Waals surface area contributed by atoms with E-state index in [0.717, 1.165) is 40.9 Å². The van der Waals surface area contributed by atoms with Crippen molar-refractivity contribution < 1.29 is 9.53 Å². The number of nitrogens with zero attached hydrogens (tertiary/aromatic N) is 4. The molecular weight excluding hydrogens is 392 g/mol. The topological polar surface area (TPSA) is 69.4 Å². The molecule has 0 radical (unpaired) electrons. The number of hydrogen-bond acceptors (Lipinski definition) is 4. The van der Waals surface area contributed by atoms with Crippen LogP contribution < -0.4 is 10.4 Å². The van der Waals surface area contributed by atoms with Gasteiger partial charge in [0.2, 0.25) is 0 Å². The summed E-state index contributed by atoms with van der Waals surface area (Å²) in [5, 5.41) is 0. The number of aromatic nitrogens is 3. The van der Waals surface area contributed by atoms with Crippen LogP contribution in [0.5, 0.6) is 5.75 Å². The second-order valence-corrected chi connectivity index (χ2v) is 8.60. The minimum atomic E-state index is -0.526. The molecule has 3 aromatic rings. The number of pyridine rings is 1. The molecule has 164 valence electrons. The first-order chi connectivity index (χ1) is 14.8. The van der Waals surface area contributed by atoms with Crippen LogP contribution in [-0.2, 0) is 18.4 Å². The van der Waals surface area contributed by atoms with E-state index in [4.69, 9.17) is 4.74 Å². The SMILES string of the molecule is Cc1ccc(C)c(OC(C)C(=O)N2CCC(Cn3c(=O)n(C)c4cccnc43)CC2)c1. The highest BCUT2D eigenvalue weighted by molar-refractivity contribution is 5.81. The summed E-state index contributed by atoms with van der Waals surface area (Å²) < 4.78 is 9.40. The molecule has 31 heavy (non-hydrogen) atoms. The number of rotatable bonds is 5. The minimum Gasteiger partial charge on any atom is -0.481 e. The smallest absolute Gasteiger partial charge is 0.330 e. The van der Waals surface area contributed by atoms with Gasteiger partial charge in [0.25, 0.3) is 5.91 Å². The Hall–Kier alpha value is -3.09. The number of aryl methyl sites for hydroxylation is 3. The van der Waals surface area contributed by atoms with Gasteiger partial charge in [0.1, 0.15) is 5.75 Å². The van der Waals surface area contributed by atoms with Gasteiger partial charge in [-0.05, 0) is 68.9 Å². The van der Waals surface area contributed by atoms with Gasteiger partial charge in [-0.25, -0.2) is 9.78 Å². The quantitative estimate of drug-likeness (QED) is 0.634. The summed E-state index contributed by atoms with van der Waals surface area (Å²) in [5.41, 5.74) is 3.67. The number of likely N-dealkylation sites (tertiary alicyclic amines) is 1. The van der Waals surface area contributed by atoms with E-state index >= 15 is 0 Å². The highest BCUT2D eigenvalue weighted by Crippen LogP contribution is 2.24. The van der Waals surface area contributed by atoms with E-state index in [2.05, 4.69) is 4.98 Å². The summed E-state index contributed by atoms with van der Waals surface area (Å²) in [5.74, 6) is 1.12. The first-order valence-electron chi connectivity index (χ1n) is 10.9. The van der Waals surface area contributed by atoms with Crippen molar-refractivity contribution in [2.45, 2.75) is 46.3 Å². The normalized spacial score (nSPS) is 15.9. The Kier molecular flexibility index (Phi) is 5.85. The Morgan fingerprint density at radius 2 is 1.97 bits per heavy atom. The largest absolute Gasteiger partial charge is 0.481 e. The summed E-state index contributed by atoms with van der Waals surface area (Å²) in [6, 6.07) is 9.78. The predicted octanol–water partition coefficient (Wildman–Crippen LogP) is 3.06. The van der Waals surface area contributed by atoms with E-state index in [1.807, 2.05) is 56.0 Å². The lowest BCUT2D eigenvalue weighted by atomic mass is 9.96. The number of benzene rings is 1. The molecule has 1 amide bonds. The van der Waals surface area contributed by atoms with Crippen molar-refractivity contribution in [3.63, 3.8) is 0 Å². The average Bonchev–Trinajstić information content (AvgIpc) is 3.01. The van der Waals surface area contributed by atoms with Crippen LogP contribution in [0.25, 0.3) is 11.2 Å². The first-order valence-corrected chi connectivity index (χ1v) is 10.9. The van der Waals surface area contributed by atoms with Crippen molar-refractivity contribution in [1.29, 1.82) is 0 Å². The molecule has 0 N–H and O–H groups in total. The molecule has 7 heteroatoms. The summed E-state index contributed by atoms with van der Waals surface area (Å²) in [6.45, 7) is 7.80. The third kappa shape index (κ3) is 4.22. The fourth-order valence-electron chi connectivity index (χ4n) is 4.32. The molecule has 4 rings (SSSR count). The molecule has 0 bridgehead atoms. The highest BCUT2D eigenvalue weighted by atomic mass is 16.5. The van der Waals surface area contributed by atoms with E-state index in [1.54, 1.807) is 22.4 Å². The number of ether oxygens (including phenoxy) is 1. The Balaban J connectivity index is 1.38. The van der Waals surface area contributed by atoms with Gasteiger partial charge in [0, 0.05) is 32.9 Å². The van der Waals surface area contributed by atoms with Crippen LogP contribution in [0, 0.1) is 19.8 Å². The second kappa shape index (κ2) is 8.57. The molecule has 0 aliphatic carbocycles. The van der Waals surface area contributed by atoms with Crippen LogP contribution in [0.4, 0.5) is 0 Å². The maximum atomic E-state index is 12.9. The van der Waals surface area contributed by atoms with Crippen LogP contribution in [-0.4, -0.2) is 44.1 Å². The zero-order valence-electron chi connectivity index (χ0n) is 18.7. The highest BCUT2D eigenvalue weighted by Gasteiger charge is 2.28. The number of imidazole rings is 1. The third-order valence-electron chi connectivity index (χ3n) is 6.26. The number of carbonyl (C=O) groups is 1. The fourth-order valence-corrected chi connectivity index (χ4v) is 4.32. The lowest BCUT2D eigenvalue weighted by Gasteiger charge is -2.33. The maximum absolute atomic E-state index is 12.9. The number of amides is 1. The molecule has 1 fully saturated rings. The third-order valence-corrected chi connectivity index (χ3v) is 6.26. The summed E-state index contributed by atoms with van der Waals surface area (Å²) in [6.07, 6.45) is 2.91. The van der Waals surface area contributed by atoms with Gasteiger partial charge in [-0.15, -0.1) is 0 Å². The molecule has 1 unspecified atom stereocenters. The lowest BCUT2D eigenvalue weighted by molar-refractivity contribution is -0.139. The fraction of sp³-hybridized carbons (Fsp3) is 0.458. The van der Waals surface area contributed by atoms with Gasteiger partial charge < -0.3 is 9.64 Å². The second-order valence-electron chi connectivity index (χ2n) is 8.60. The van der Waals surface area contributed by atoms with E-state index in [1.165, 1.54) is 0 Å². The summed E-state index contributed by atoms with van der Waals surface area (Å²) in [4.78, 5) is 31.9. The molecule has 0 spiro atoms. The molecule has 0 saturated carbocycles. The van der Waals surface area contributed by atoms with Crippen LogP contribution >= 0.6 is 0 Å². The Morgan fingerprint density at radius 1 is 1.23 bits per heavy atom. The average molecular weight is 423 g/mol. The van der Waals surface area contributed by atoms with Crippen molar-refractivity contribution in [1.82, 2.24) is 19.0 Å². The molecule has 2 aromatic heterocycles. The summed E-state index contributed by atoms with van der Waals surface area (Å²) >= 11 is 0. The summed E-state index contributed by atoms with van der Waals surface area (Å²) in [7, 11) is 1.78. The van der Waals surface area contributed by atoms with Gasteiger partial charge in [0.05, 0.1) is 5.52 Å². The number of hydrogen-bond donors (Lipinski definition) is 0. The molecular formula is C24H30N4O3. The van der Waals surface area contributed by atoms with Crippen LogP contribution in [0.2, 0.25) is 0 Å². The zero-order valence-corrected chi connectivity index (χ0v) is 18.7. The Labute approximate surface area is 182 Å². The van der Waals surface area contributed by atoms with Crippen molar-refractivity contribution in [2.24, 2.45) is 13.0 Å². The van der Waals surface area contributed by atoms with Gasteiger partial charge in [0.15, 0.2) is 11.8 Å². The van der Waals surface area contributed by atoms with Crippen LogP contribution in [0.1, 0.15) is 30.9 Å². The van der Waals surface area contributed by atoms with E-state index in [9.17, 15) is 9.59 Å². The van der Waals surface area contributed by atoms with Crippen molar-refractivity contribution in [3.8, 4) is 5.75 Å². The molecule has 1 atom stereocenters. The molecule has 3 heterocycles. The lowest BCUT2D eigenvalue weighted by Crippen LogP contribution is -2.45. The predicted molar refractivity (Wildman–Crippen MR) is 120 cm³/mol. The van der Waals surface area contributed by atoms with Crippen LogP contribution in [0.15, 0.2) is 41.3 Å². The van der Waals surface area contributed by atoms with Crippen molar-refractivity contribution >= 4 is 17.1 Å². The zero-order chi connectivity index (χ0) is 22.1. The van der Waals surface area contributed by atoms with E-state index in [0.29, 0.717) is 25.6 Å². The maximum Gasteiger partial charge on any atom is 0.330 e. The van der Waals surface area contributed by atoms with Crippen LogP contribution in [0.3, 0.4) is 0 Å². The van der Waals surface area contributed by atoms with Crippen molar-refractivity contribution in [3.05, 3.63) is 58.1 Å². The van der Waals surface area contributed by atoms with Gasteiger partial charge in [-0.1, -0.05) is 12.1 Å². The number of piperidine rings is 1. The Bertz CT molecular complexity index is 1160. The monoisotopic (exact) mass is 422 g/mol. The number of carbonyl (C=O) groups excluding carboxylic acids is 1. The first kappa shape index (κ1) is 21.2. The molecule has 1 aliphatic rings. The molecule has 7 nitrogen and oxygen atoms in total. The van der Waals surface area contributed by atoms with E-state index in [-0.39, 0.29) is 11.6 Å². The molecule has 1 aliphatic heterocycles. The minimum absolute atomic E-state index is 0.0170.